The summed E-state index contributed by atoms with van der Waals surface area (Å²) in [6.07, 6.45) is 2.42. The van der Waals surface area contributed by atoms with Crippen LogP contribution in [0.15, 0.2) is 52.4 Å². The molecular formula is C13H12N2O5S. The van der Waals surface area contributed by atoms with E-state index >= 15 is 0 Å². The lowest BCUT2D eigenvalue weighted by Gasteiger charge is -2.08. The van der Waals surface area contributed by atoms with Crippen molar-refractivity contribution < 1.29 is 17.9 Å². The molecule has 7 nitrogen and oxygen atoms in total. The number of esters is 1. The molecule has 0 aliphatic rings. The van der Waals surface area contributed by atoms with Crippen molar-refractivity contribution >= 4 is 21.7 Å². The van der Waals surface area contributed by atoms with E-state index in [2.05, 4.69) is 14.4 Å². The summed E-state index contributed by atoms with van der Waals surface area (Å²) in [6.45, 7) is 0. The summed E-state index contributed by atoms with van der Waals surface area (Å²) in [5.74, 6) is -0.589. The van der Waals surface area contributed by atoms with Gasteiger partial charge in [0.2, 0.25) is 5.43 Å². The molecule has 0 bridgehead atoms. The number of aromatic amines is 1. The number of anilines is 1. The third-order valence-electron chi connectivity index (χ3n) is 2.61. The SMILES string of the molecule is COC(=O)c1cccc(NS(=O)(=O)c2c[nH]ccc2=O)c1. The topological polar surface area (TPSA) is 105 Å². The lowest BCUT2D eigenvalue weighted by molar-refractivity contribution is 0.0601. The summed E-state index contributed by atoms with van der Waals surface area (Å²) >= 11 is 0. The number of carbonyl (C=O) groups is 1. The van der Waals surface area contributed by atoms with Gasteiger partial charge in [-0.25, -0.2) is 13.2 Å². The minimum Gasteiger partial charge on any atom is -0.465 e. The Hall–Kier alpha value is -2.61. The lowest BCUT2D eigenvalue weighted by Crippen LogP contribution is -2.21. The molecule has 0 fully saturated rings. The Balaban J connectivity index is 2.36. The third kappa shape index (κ3) is 3.29. The molecule has 110 valence electrons. The average Bonchev–Trinajstić information content (AvgIpc) is 2.46. The predicted octanol–water partition coefficient (Wildman–Crippen LogP) is 0.962. The Morgan fingerprint density at radius 3 is 2.71 bits per heavy atom. The highest BCUT2D eigenvalue weighted by atomic mass is 32.2. The summed E-state index contributed by atoms with van der Waals surface area (Å²) in [5, 5.41) is 0. The summed E-state index contributed by atoms with van der Waals surface area (Å²) < 4.78 is 31.0. The third-order valence-corrected chi connectivity index (χ3v) is 4.02. The van der Waals surface area contributed by atoms with Gasteiger partial charge in [-0.15, -0.1) is 0 Å². The number of hydrogen-bond acceptors (Lipinski definition) is 5. The molecule has 0 aliphatic heterocycles. The van der Waals surface area contributed by atoms with Gasteiger partial charge in [-0.3, -0.25) is 9.52 Å². The van der Waals surface area contributed by atoms with Crippen LogP contribution in [0.1, 0.15) is 10.4 Å². The van der Waals surface area contributed by atoms with Gasteiger partial charge in [-0.05, 0) is 18.2 Å². The van der Waals surface area contributed by atoms with Crippen LogP contribution in [-0.4, -0.2) is 26.5 Å². The number of sulfonamides is 1. The van der Waals surface area contributed by atoms with Crippen molar-refractivity contribution in [3.05, 3.63) is 58.5 Å². The van der Waals surface area contributed by atoms with Crippen molar-refractivity contribution in [2.24, 2.45) is 0 Å². The van der Waals surface area contributed by atoms with Crippen LogP contribution in [0.5, 0.6) is 0 Å². The lowest BCUT2D eigenvalue weighted by atomic mass is 10.2. The molecule has 1 aromatic carbocycles. The Bertz CT molecular complexity index is 826. The summed E-state index contributed by atoms with van der Waals surface area (Å²) in [4.78, 5) is 25.1. The molecule has 1 aromatic heterocycles. The second-order valence-corrected chi connectivity index (χ2v) is 5.70. The molecule has 0 atom stereocenters. The summed E-state index contributed by atoms with van der Waals surface area (Å²) in [6, 6.07) is 6.87. The fourth-order valence-electron chi connectivity index (χ4n) is 1.65. The normalized spacial score (nSPS) is 10.9. The molecule has 0 radical (unpaired) electrons. The van der Waals surface area contributed by atoms with E-state index in [9.17, 15) is 18.0 Å². The number of methoxy groups -OCH3 is 1. The molecule has 0 saturated carbocycles. The number of ether oxygens (including phenoxy) is 1. The van der Waals surface area contributed by atoms with Crippen LogP contribution in [0.4, 0.5) is 5.69 Å². The first-order valence-electron chi connectivity index (χ1n) is 5.82. The van der Waals surface area contributed by atoms with Crippen LogP contribution in [-0.2, 0) is 14.8 Å². The monoisotopic (exact) mass is 308 g/mol. The Labute approximate surface area is 120 Å². The highest BCUT2D eigenvalue weighted by Crippen LogP contribution is 2.15. The number of benzene rings is 1. The predicted molar refractivity (Wildman–Crippen MR) is 75.7 cm³/mol. The number of aromatic nitrogens is 1. The van der Waals surface area contributed by atoms with Crippen LogP contribution in [0, 0.1) is 0 Å². The largest absolute Gasteiger partial charge is 0.465 e. The van der Waals surface area contributed by atoms with E-state index in [-0.39, 0.29) is 11.3 Å². The van der Waals surface area contributed by atoms with Crippen molar-refractivity contribution in [2.45, 2.75) is 4.90 Å². The van der Waals surface area contributed by atoms with E-state index in [1.807, 2.05) is 0 Å². The van der Waals surface area contributed by atoms with Gasteiger partial charge >= 0.3 is 5.97 Å². The highest BCUT2D eigenvalue weighted by Gasteiger charge is 2.18. The number of rotatable bonds is 4. The smallest absolute Gasteiger partial charge is 0.337 e. The first kappa shape index (κ1) is 14.8. The van der Waals surface area contributed by atoms with E-state index < -0.39 is 26.3 Å². The highest BCUT2D eigenvalue weighted by molar-refractivity contribution is 7.92. The quantitative estimate of drug-likeness (QED) is 0.819. The molecule has 2 aromatic rings. The molecule has 21 heavy (non-hydrogen) atoms. The van der Waals surface area contributed by atoms with Gasteiger partial charge in [0, 0.05) is 24.1 Å². The molecule has 0 saturated heterocycles. The van der Waals surface area contributed by atoms with Gasteiger partial charge in [-0.2, -0.15) is 0 Å². The van der Waals surface area contributed by atoms with E-state index in [1.165, 1.54) is 37.6 Å². The minimum atomic E-state index is -4.04. The van der Waals surface area contributed by atoms with Gasteiger partial charge in [-0.1, -0.05) is 6.07 Å². The van der Waals surface area contributed by atoms with Crippen molar-refractivity contribution in [3.8, 4) is 0 Å². The molecular weight excluding hydrogens is 296 g/mol. The molecule has 2 rings (SSSR count). The van der Waals surface area contributed by atoms with Crippen LogP contribution in [0.25, 0.3) is 0 Å². The van der Waals surface area contributed by atoms with E-state index in [0.717, 1.165) is 12.3 Å². The maximum absolute atomic E-state index is 12.1. The fraction of sp³-hybridized carbons (Fsp3) is 0.0769. The minimum absolute atomic E-state index is 0.154. The molecule has 0 amide bonds. The van der Waals surface area contributed by atoms with Crippen LogP contribution in [0.2, 0.25) is 0 Å². The number of H-pyrrole nitrogens is 1. The molecule has 0 aliphatic carbocycles. The zero-order chi connectivity index (χ0) is 15.5. The molecule has 0 spiro atoms. The molecule has 2 N–H and O–H groups in total. The standard InChI is InChI=1S/C13H12N2O5S/c1-20-13(17)9-3-2-4-10(7-9)15-21(18,19)12-8-14-6-5-11(12)16/h2-8,15H,1H3,(H,14,16). The molecule has 0 unspecified atom stereocenters. The van der Waals surface area contributed by atoms with E-state index in [1.54, 1.807) is 0 Å². The maximum Gasteiger partial charge on any atom is 0.337 e. The second-order valence-electron chi connectivity index (χ2n) is 4.05. The summed E-state index contributed by atoms with van der Waals surface area (Å²) in [5.41, 5.74) is -0.286. The van der Waals surface area contributed by atoms with Gasteiger partial charge in [0.05, 0.1) is 12.7 Å². The van der Waals surface area contributed by atoms with Gasteiger partial charge < -0.3 is 9.72 Å². The van der Waals surface area contributed by atoms with Crippen molar-refractivity contribution in [2.75, 3.05) is 11.8 Å². The van der Waals surface area contributed by atoms with Gasteiger partial charge in [0.25, 0.3) is 10.0 Å². The van der Waals surface area contributed by atoms with Crippen molar-refractivity contribution in [3.63, 3.8) is 0 Å². The van der Waals surface area contributed by atoms with Crippen molar-refractivity contribution in [1.82, 2.24) is 4.98 Å². The first-order valence-corrected chi connectivity index (χ1v) is 7.30. The molecule has 8 heteroatoms. The second kappa shape index (κ2) is 5.80. The zero-order valence-corrected chi connectivity index (χ0v) is 11.8. The first-order chi connectivity index (χ1) is 9.94. The zero-order valence-electron chi connectivity index (χ0n) is 11.0. The maximum atomic E-state index is 12.1. The Morgan fingerprint density at radius 1 is 1.29 bits per heavy atom. The number of pyridine rings is 1. The number of nitrogens with one attached hydrogen (secondary N) is 2. The van der Waals surface area contributed by atoms with E-state index in [0.29, 0.717) is 0 Å². The summed E-state index contributed by atoms with van der Waals surface area (Å²) in [7, 11) is -2.81. The Kier molecular flexibility index (Phi) is 4.08. The number of hydrogen-bond donors (Lipinski definition) is 2. The van der Waals surface area contributed by atoms with Crippen LogP contribution >= 0.6 is 0 Å². The van der Waals surface area contributed by atoms with Crippen LogP contribution < -0.4 is 10.2 Å². The fourth-order valence-corrected chi connectivity index (χ4v) is 2.75. The Morgan fingerprint density at radius 2 is 2.05 bits per heavy atom. The van der Waals surface area contributed by atoms with Crippen molar-refractivity contribution in [1.29, 1.82) is 0 Å². The van der Waals surface area contributed by atoms with Crippen LogP contribution in [0.3, 0.4) is 0 Å². The number of carbonyl (C=O) groups excluding carboxylic acids is 1. The molecule has 1 heterocycles. The van der Waals surface area contributed by atoms with Gasteiger partial charge in [0.1, 0.15) is 0 Å². The van der Waals surface area contributed by atoms with E-state index in [4.69, 9.17) is 0 Å². The average molecular weight is 308 g/mol. The van der Waals surface area contributed by atoms with Gasteiger partial charge in [0.15, 0.2) is 4.90 Å².